The van der Waals surface area contributed by atoms with Crippen LogP contribution < -0.4 is 9.04 Å². The van der Waals surface area contributed by atoms with Crippen molar-refractivity contribution in [1.82, 2.24) is 0 Å². The summed E-state index contributed by atoms with van der Waals surface area (Å²) >= 11 is 0. The van der Waals surface area contributed by atoms with Crippen molar-refractivity contribution in [2.24, 2.45) is 0 Å². The Morgan fingerprint density at radius 1 is 0.939 bits per heavy atom. The first-order valence-corrected chi connectivity index (χ1v) is 12.3. The molecule has 0 atom stereocenters. The molecule has 3 aromatic carbocycles. The van der Waals surface area contributed by atoms with Crippen LogP contribution in [0.1, 0.15) is 35.6 Å². The molecule has 0 radical (unpaired) electrons. The van der Waals surface area contributed by atoms with E-state index in [1.807, 2.05) is 58.0 Å². The molecule has 0 aliphatic rings. The van der Waals surface area contributed by atoms with Gasteiger partial charge in [0.05, 0.1) is 17.2 Å². The van der Waals surface area contributed by atoms with E-state index < -0.39 is 15.9 Å². The zero-order valence-electron chi connectivity index (χ0n) is 19.4. The first kappa shape index (κ1) is 24.3. The number of carbonyl (C=O) groups excluding carboxylic acids is 1. The summed E-state index contributed by atoms with van der Waals surface area (Å²) in [5, 5.41) is 0. The second-order valence-electron chi connectivity index (χ2n) is 7.89. The minimum atomic E-state index is -4.12. The van der Waals surface area contributed by atoms with E-state index in [1.165, 1.54) is 18.2 Å². The van der Waals surface area contributed by atoms with Gasteiger partial charge in [-0.15, -0.1) is 0 Å². The quantitative estimate of drug-likeness (QED) is 0.394. The molecule has 5 nitrogen and oxygen atoms in total. The van der Waals surface area contributed by atoms with E-state index in [0.29, 0.717) is 12.3 Å². The predicted molar refractivity (Wildman–Crippen MR) is 133 cm³/mol. The van der Waals surface area contributed by atoms with Gasteiger partial charge in [-0.05, 0) is 80.3 Å². The molecular weight excluding hydrogens is 434 g/mol. The number of aryl methyl sites for hydroxylation is 2. The van der Waals surface area contributed by atoms with E-state index in [0.717, 1.165) is 38.7 Å². The molecule has 0 saturated carbocycles. The Bertz CT molecular complexity index is 1240. The summed E-state index contributed by atoms with van der Waals surface area (Å²) in [7, 11) is -4.12. The first-order chi connectivity index (χ1) is 15.7. The number of benzene rings is 3. The molecule has 0 fully saturated rings. The third kappa shape index (κ3) is 5.71. The number of hydrogen-bond acceptors (Lipinski definition) is 4. The van der Waals surface area contributed by atoms with E-state index in [1.54, 1.807) is 30.3 Å². The Morgan fingerprint density at radius 3 is 2.24 bits per heavy atom. The van der Waals surface area contributed by atoms with Crippen LogP contribution in [0.15, 0.2) is 77.7 Å². The molecule has 3 aromatic rings. The van der Waals surface area contributed by atoms with Crippen LogP contribution in [0.25, 0.3) is 6.08 Å². The largest absolute Gasteiger partial charge is 0.494 e. The Balaban J connectivity index is 1.99. The van der Waals surface area contributed by atoms with E-state index in [-0.39, 0.29) is 4.90 Å². The summed E-state index contributed by atoms with van der Waals surface area (Å²) in [6, 6.07) is 19.1. The molecule has 0 unspecified atom stereocenters. The molecule has 0 N–H and O–H groups in total. The molecule has 172 valence electrons. The van der Waals surface area contributed by atoms with Crippen molar-refractivity contribution in [3.63, 3.8) is 0 Å². The number of amides is 1. The Labute approximate surface area is 196 Å². The van der Waals surface area contributed by atoms with Gasteiger partial charge >= 0.3 is 0 Å². The van der Waals surface area contributed by atoms with Gasteiger partial charge in [0.15, 0.2) is 0 Å². The van der Waals surface area contributed by atoms with E-state index in [4.69, 9.17) is 4.74 Å². The summed E-state index contributed by atoms with van der Waals surface area (Å²) in [5.41, 5.74) is 3.67. The molecule has 0 aliphatic heterocycles. The van der Waals surface area contributed by atoms with Crippen molar-refractivity contribution < 1.29 is 17.9 Å². The highest BCUT2D eigenvalue weighted by atomic mass is 32.2. The zero-order valence-corrected chi connectivity index (χ0v) is 20.2. The molecule has 0 bridgehead atoms. The number of anilines is 1. The fourth-order valence-electron chi connectivity index (χ4n) is 3.27. The minimum Gasteiger partial charge on any atom is -0.494 e. The second kappa shape index (κ2) is 10.5. The third-order valence-electron chi connectivity index (χ3n) is 5.33. The Hall–Kier alpha value is -3.38. The summed E-state index contributed by atoms with van der Waals surface area (Å²) in [4.78, 5) is 13.4. The van der Waals surface area contributed by atoms with Crippen molar-refractivity contribution in [2.75, 3.05) is 10.9 Å². The van der Waals surface area contributed by atoms with Crippen LogP contribution in [0, 0.1) is 20.8 Å². The van der Waals surface area contributed by atoms with Crippen LogP contribution in [0.2, 0.25) is 0 Å². The van der Waals surface area contributed by atoms with Crippen molar-refractivity contribution in [2.45, 2.75) is 39.0 Å². The van der Waals surface area contributed by atoms with Gasteiger partial charge < -0.3 is 4.74 Å². The zero-order chi connectivity index (χ0) is 24.0. The number of carbonyl (C=O) groups is 1. The summed E-state index contributed by atoms with van der Waals surface area (Å²) in [5.74, 6) is 0.106. The minimum absolute atomic E-state index is 0.0631. The Morgan fingerprint density at radius 2 is 1.61 bits per heavy atom. The maximum absolute atomic E-state index is 13.6. The summed E-state index contributed by atoms with van der Waals surface area (Å²) < 4.78 is 33.6. The molecule has 3 rings (SSSR count). The second-order valence-corrected chi connectivity index (χ2v) is 9.68. The molecule has 33 heavy (non-hydrogen) atoms. The lowest BCUT2D eigenvalue weighted by Crippen LogP contribution is -2.36. The number of ether oxygens (including phenoxy) is 1. The van der Waals surface area contributed by atoms with Gasteiger partial charge in [0, 0.05) is 6.08 Å². The normalized spacial score (nSPS) is 11.5. The number of rotatable bonds is 8. The van der Waals surface area contributed by atoms with Gasteiger partial charge in [0.1, 0.15) is 5.75 Å². The third-order valence-corrected chi connectivity index (χ3v) is 7.05. The highest BCUT2D eigenvalue weighted by Crippen LogP contribution is 2.29. The maximum atomic E-state index is 13.6. The van der Waals surface area contributed by atoms with Crippen LogP contribution in [0.4, 0.5) is 5.69 Å². The van der Waals surface area contributed by atoms with Crippen LogP contribution in [0.3, 0.4) is 0 Å². The molecule has 0 heterocycles. The summed E-state index contributed by atoms with van der Waals surface area (Å²) in [6.45, 7) is 8.25. The van der Waals surface area contributed by atoms with Crippen molar-refractivity contribution >= 4 is 27.7 Å². The van der Waals surface area contributed by atoms with Gasteiger partial charge in [-0.25, -0.2) is 8.42 Å². The van der Waals surface area contributed by atoms with Crippen molar-refractivity contribution in [1.29, 1.82) is 0 Å². The maximum Gasteiger partial charge on any atom is 0.271 e. The average molecular weight is 464 g/mol. The molecular formula is C27H29NO4S. The summed E-state index contributed by atoms with van der Waals surface area (Å²) in [6.07, 6.45) is 3.81. The fourth-order valence-corrected chi connectivity index (χ4v) is 4.71. The highest BCUT2D eigenvalue weighted by molar-refractivity contribution is 7.93. The lowest BCUT2D eigenvalue weighted by atomic mass is 10.1. The smallest absolute Gasteiger partial charge is 0.271 e. The highest BCUT2D eigenvalue weighted by Gasteiger charge is 2.31. The lowest BCUT2D eigenvalue weighted by Gasteiger charge is -2.24. The average Bonchev–Trinajstić information content (AvgIpc) is 2.80. The molecule has 0 spiro atoms. The van der Waals surface area contributed by atoms with Gasteiger partial charge in [-0.3, -0.25) is 4.79 Å². The van der Waals surface area contributed by atoms with Gasteiger partial charge in [0.25, 0.3) is 15.9 Å². The standard InChI is InChI=1S/C27H29NO4S/c1-5-19-32-24-14-11-23(12-15-24)13-18-27(29)28(26-8-6-7-21(3)22(26)4)33(30,31)25-16-9-20(2)10-17-25/h6-18H,5,19H2,1-4H3/b18-13+. The molecule has 0 aromatic heterocycles. The number of hydrogen-bond donors (Lipinski definition) is 0. The molecule has 0 saturated heterocycles. The monoisotopic (exact) mass is 463 g/mol. The van der Waals surface area contributed by atoms with Gasteiger partial charge in [-0.1, -0.05) is 48.9 Å². The lowest BCUT2D eigenvalue weighted by molar-refractivity contribution is -0.113. The SMILES string of the molecule is CCCOc1ccc(/C=C/C(=O)N(c2cccc(C)c2C)S(=O)(=O)c2ccc(C)cc2)cc1. The van der Waals surface area contributed by atoms with Crippen molar-refractivity contribution in [3.05, 3.63) is 95.1 Å². The molecule has 6 heteroatoms. The fraction of sp³-hybridized carbons (Fsp3) is 0.222. The van der Waals surface area contributed by atoms with Gasteiger partial charge in [0.2, 0.25) is 0 Å². The topological polar surface area (TPSA) is 63.7 Å². The van der Waals surface area contributed by atoms with Crippen LogP contribution in [-0.4, -0.2) is 20.9 Å². The van der Waals surface area contributed by atoms with Gasteiger partial charge in [-0.2, -0.15) is 4.31 Å². The molecule has 0 aliphatic carbocycles. The van der Waals surface area contributed by atoms with E-state index in [2.05, 4.69) is 0 Å². The number of nitrogens with zero attached hydrogens (tertiary/aromatic N) is 1. The number of sulfonamides is 1. The van der Waals surface area contributed by atoms with E-state index in [9.17, 15) is 13.2 Å². The van der Waals surface area contributed by atoms with Crippen LogP contribution >= 0.6 is 0 Å². The predicted octanol–water partition coefficient (Wildman–Crippen LogP) is 5.84. The Kier molecular flexibility index (Phi) is 7.71. The van der Waals surface area contributed by atoms with E-state index >= 15 is 0 Å². The van der Waals surface area contributed by atoms with Crippen molar-refractivity contribution in [3.8, 4) is 5.75 Å². The van der Waals surface area contributed by atoms with Crippen LogP contribution in [-0.2, 0) is 14.8 Å². The molecule has 1 amide bonds. The van der Waals surface area contributed by atoms with Crippen LogP contribution in [0.5, 0.6) is 5.75 Å². The first-order valence-electron chi connectivity index (χ1n) is 10.9.